The lowest BCUT2D eigenvalue weighted by Gasteiger charge is -2.10. The molecule has 0 aliphatic rings. The van der Waals surface area contributed by atoms with Gasteiger partial charge in [0.05, 0.1) is 16.6 Å². The van der Waals surface area contributed by atoms with E-state index in [4.69, 9.17) is 0 Å². The van der Waals surface area contributed by atoms with Crippen LogP contribution in [0.4, 0.5) is 0 Å². The SMILES string of the molecule is c1ccc(-n2ccc3ccc(-c4ccc5c(c4)c4ccc6ccccc6c4n5-c4ccccc4)cc32)cc1. The minimum Gasteiger partial charge on any atom is -0.317 e. The van der Waals surface area contributed by atoms with Crippen molar-refractivity contribution in [2.24, 2.45) is 0 Å². The van der Waals surface area contributed by atoms with E-state index in [9.17, 15) is 0 Å². The van der Waals surface area contributed by atoms with Crippen LogP contribution in [0.25, 0.3) is 66.0 Å². The molecule has 38 heavy (non-hydrogen) atoms. The van der Waals surface area contributed by atoms with Crippen LogP contribution in [0.2, 0.25) is 0 Å². The number of fused-ring (bicyclic) bond motifs is 6. The molecule has 8 rings (SSSR count). The molecule has 0 saturated heterocycles. The summed E-state index contributed by atoms with van der Waals surface area (Å²) >= 11 is 0. The normalized spacial score (nSPS) is 11.7. The molecule has 2 aromatic heterocycles. The van der Waals surface area contributed by atoms with Gasteiger partial charge in [-0.25, -0.2) is 0 Å². The number of rotatable bonds is 3. The van der Waals surface area contributed by atoms with Crippen molar-refractivity contribution in [3.63, 3.8) is 0 Å². The molecule has 0 amide bonds. The van der Waals surface area contributed by atoms with Gasteiger partial charge in [-0.15, -0.1) is 0 Å². The Hall–Kier alpha value is -5.08. The standard InChI is InChI=1S/C36H24N2/c1-3-10-29(11-4-1)37-22-21-26-15-16-28(24-35(26)37)27-18-20-34-33(23-27)32-19-17-25-9-7-8-14-31(25)36(32)38(34)30-12-5-2-6-13-30/h1-24H. The first-order valence-electron chi connectivity index (χ1n) is 13.0. The van der Waals surface area contributed by atoms with Crippen molar-refractivity contribution in [3.05, 3.63) is 146 Å². The molecule has 6 aromatic carbocycles. The summed E-state index contributed by atoms with van der Waals surface area (Å²) in [6.07, 6.45) is 2.16. The predicted octanol–water partition coefficient (Wildman–Crippen LogP) is 9.55. The fraction of sp³-hybridized carbons (Fsp3) is 0. The smallest absolute Gasteiger partial charge is 0.0619 e. The highest BCUT2D eigenvalue weighted by atomic mass is 15.0. The van der Waals surface area contributed by atoms with Crippen molar-refractivity contribution in [1.29, 1.82) is 0 Å². The van der Waals surface area contributed by atoms with Crippen molar-refractivity contribution >= 4 is 43.5 Å². The van der Waals surface area contributed by atoms with Gasteiger partial charge in [0.25, 0.3) is 0 Å². The zero-order valence-corrected chi connectivity index (χ0v) is 20.8. The van der Waals surface area contributed by atoms with Gasteiger partial charge in [0, 0.05) is 33.7 Å². The number of nitrogens with zero attached hydrogens (tertiary/aromatic N) is 2. The summed E-state index contributed by atoms with van der Waals surface area (Å²) < 4.78 is 4.69. The second-order valence-corrected chi connectivity index (χ2v) is 9.88. The van der Waals surface area contributed by atoms with E-state index in [-0.39, 0.29) is 0 Å². The first-order valence-corrected chi connectivity index (χ1v) is 13.0. The summed E-state index contributed by atoms with van der Waals surface area (Å²) in [5, 5.41) is 6.32. The van der Waals surface area contributed by atoms with E-state index in [1.54, 1.807) is 0 Å². The van der Waals surface area contributed by atoms with Crippen LogP contribution >= 0.6 is 0 Å². The monoisotopic (exact) mass is 484 g/mol. The Morgan fingerprint density at radius 2 is 1.08 bits per heavy atom. The van der Waals surface area contributed by atoms with Gasteiger partial charge in [-0.1, -0.05) is 91.0 Å². The molecule has 0 spiro atoms. The lowest BCUT2D eigenvalue weighted by atomic mass is 10.0. The van der Waals surface area contributed by atoms with Crippen LogP contribution < -0.4 is 0 Å². The molecule has 0 fully saturated rings. The van der Waals surface area contributed by atoms with Crippen molar-refractivity contribution in [2.75, 3.05) is 0 Å². The molecule has 2 nitrogen and oxygen atoms in total. The first kappa shape index (κ1) is 21.0. The average molecular weight is 485 g/mol. The molecular weight excluding hydrogens is 460 g/mol. The Balaban J connectivity index is 1.39. The maximum absolute atomic E-state index is 2.42. The van der Waals surface area contributed by atoms with E-state index in [1.807, 2.05) is 0 Å². The van der Waals surface area contributed by atoms with Crippen molar-refractivity contribution in [1.82, 2.24) is 9.13 Å². The third kappa shape index (κ3) is 3.14. The minimum absolute atomic E-state index is 1.17. The molecule has 178 valence electrons. The summed E-state index contributed by atoms with van der Waals surface area (Å²) in [4.78, 5) is 0. The molecule has 0 unspecified atom stereocenters. The van der Waals surface area contributed by atoms with E-state index < -0.39 is 0 Å². The molecule has 0 atom stereocenters. The second kappa shape index (κ2) is 8.22. The van der Waals surface area contributed by atoms with Crippen LogP contribution in [0, 0.1) is 0 Å². The van der Waals surface area contributed by atoms with Crippen LogP contribution in [-0.2, 0) is 0 Å². The molecule has 0 aliphatic carbocycles. The summed E-state index contributed by atoms with van der Waals surface area (Å²) in [6.45, 7) is 0. The second-order valence-electron chi connectivity index (χ2n) is 9.88. The highest BCUT2D eigenvalue weighted by molar-refractivity contribution is 6.19. The fourth-order valence-corrected chi connectivity index (χ4v) is 5.93. The topological polar surface area (TPSA) is 9.86 Å². The van der Waals surface area contributed by atoms with Crippen LogP contribution in [0.5, 0.6) is 0 Å². The Labute approximate surface area is 220 Å². The lowest BCUT2D eigenvalue weighted by molar-refractivity contribution is 1.13. The summed E-state index contributed by atoms with van der Waals surface area (Å²) in [5.74, 6) is 0. The summed E-state index contributed by atoms with van der Waals surface area (Å²) in [5.41, 5.74) is 8.49. The van der Waals surface area contributed by atoms with Crippen molar-refractivity contribution in [3.8, 4) is 22.5 Å². The molecule has 0 bridgehead atoms. The quantitative estimate of drug-likeness (QED) is 0.236. The van der Waals surface area contributed by atoms with Gasteiger partial charge in [-0.05, 0) is 70.4 Å². The van der Waals surface area contributed by atoms with Crippen molar-refractivity contribution < 1.29 is 0 Å². The van der Waals surface area contributed by atoms with Crippen LogP contribution in [0.3, 0.4) is 0 Å². The maximum Gasteiger partial charge on any atom is 0.0619 e. The van der Waals surface area contributed by atoms with Gasteiger partial charge in [0.15, 0.2) is 0 Å². The molecule has 8 aromatic rings. The van der Waals surface area contributed by atoms with E-state index in [1.165, 1.54) is 66.0 Å². The minimum atomic E-state index is 1.17. The van der Waals surface area contributed by atoms with Crippen LogP contribution in [0.1, 0.15) is 0 Å². The van der Waals surface area contributed by atoms with E-state index >= 15 is 0 Å². The fourth-order valence-electron chi connectivity index (χ4n) is 5.93. The summed E-state index contributed by atoms with van der Waals surface area (Å²) in [6, 6.07) is 50.3. The average Bonchev–Trinajstić information content (AvgIpc) is 3.57. The van der Waals surface area contributed by atoms with Gasteiger partial charge in [0.2, 0.25) is 0 Å². The van der Waals surface area contributed by atoms with Crippen molar-refractivity contribution in [2.45, 2.75) is 0 Å². The molecule has 0 N–H and O–H groups in total. The third-order valence-electron chi connectivity index (χ3n) is 7.73. The molecular formula is C36H24N2. The lowest BCUT2D eigenvalue weighted by Crippen LogP contribution is -1.94. The van der Waals surface area contributed by atoms with Gasteiger partial charge < -0.3 is 9.13 Å². The Morgan fingerprint density at radius 1 is 0.395 bits per heavy atom. The van der Waals surface area contributed by atoms with Crippen LogP contribution in [-0.4, -0.2) is 9.13 Å². The number of para-hydroxylation sites is 2. The van der Waals surface area contributed by atoms with Gasteiger partial charge in [-0.3, -0.25) is 0 Å². The number of hydrogen-bond acceptors (Lipinski definition) is 0. The van der Waals surface area contributed by atoms with Crippen LogP contribution in [0.15, 0.2) is 146 Å². The Bertz CT molecular complexity index is 2110. The Kier molecular flexibility index (Phi) is 4.55. The molecule has 0 aliphatic heterocycles. The zero-order chi connectivity index (χ0) is 25.1. The number of aromatic nitrogens is 2. The van der Waals surface area contributed by atoms with E-state index in [2.05, 4.69) is 155 Å². The van der Waals surface area contributed by atoms with Gasteiger partial charge >= 0.3 is 0 Å². The van der Waals surface area contributed by atoms with Gasteiger partial charge in [0.1, 0.15) is 0 Å². The number of hydrogen-bond donors (Lipinski definition) is 0. The zero-order valence-electron chi connectivity index (χ0n) is 20.8. The predicted molar refractivity (Wildman–Crippen MR) is 161 cm³/mol. The summed E-state index contributed by atoms with van der Waals surface area (Å²) in [7, 11) is 0. The molecule has 2 heterocycles. The number of benzene rings is 6. The highest BCUT2D eigenvalue weighted by Gasteiger charge is 2.16. The maximum atomic E-state index is 2.42. The molecule has 0 radical (unpaired) electrons. The Morgan fingerprint density at radius 3 is 1.92 bits per heavy atom. The van der Waals surface area contributed by atoms with E-state index in [0.717, 1.165) is 0 Å². The highest BCUT2D eigenvalue weighted by Crippen LogP contribution is 2.38. The van der Waals surface area contributed by atoms with E-state index in [0.29, 0.717) is 0 Å². The third-order valence-corrected chi connectivity index (χ3v) is 7.73. The molecule has 2 heteroatoms. The van der Waals surface area contributed by atoms with Gasteiger partial charge in [-0.2, -0.15) is 0 Å². The molecule has 0 saturated carbocycles. The largest absolute Gasteiger partial charge is 0.317 e. The first-order chi connectivity index (χ1) is 18.8.